The minimum absolute atomic E-state index is 0.0399. The van der Waals surface area contributed by atoms with Crippen molar-refractivity contribution < 1.29 is 35.8 Å². The van der Waals surface area contributed by atoms with Gasteiger partial charge in [0.2, 0.25) is 0 Å². The molecule has 7 rings (SSSR count). The first-order valence-electron chi connectivity index (χ1n) is 18.4. The Bertz CT molecular complexity index is 2330. The van der Waals surface area contributed by atoms with Gasteiger partial charge in [-0.25, -0.2) is 0 Å². The largest absolute Gasteiger partial charge is 0.456 e. The predicted molar refractivity (Wildman–Crippen MR) is 213 cm³/mol. The summed E-state index contributed by atoms with van der Waals surface area (Å²) in [6.45, 7) is 11.8. The van der Waals surface area contributed by atoms with Crippen LogP contribution in [0, 0.1) is 0 Å². The SMILES string of the molecule is CC(C)(C)c1cc(C2(c3ccc(Oc4ccc(N)cc4C(F)(F)F)c(C(C)(C)C)c3)c3ccccc3-c3ccccc32)ccc1Oc1ccc(N)cc1C(F)(F)F. The Morgan fingerprint density at radius 2 is 0.754 bits per heavy atom. The molecule has 0 saturated heterocycles. The van der Waals surface area contributed by atoms with E-state index < -0.39 is 39.7 Å². The minimum atomic E-state index is -4.71. The lowest BCUT2D eigenvalue weighted by Gasteiger charge is -2.37. The molecule has 6 aromatic carbocycles. The smallest absolute Gasteiger partial charge is 0.420 e. The van der Waals surface area contributed by atoms with E-state index >= 15 is 0 Å². The van der Waals surface area contributed by atoms with Crippen molar-refractivity contribution in [3.8, 4) is 34.1 Å². The van der Waals surface area contributed by atoms with Crippen molar-refractivity contribution in [2.45, 2.75) is 70.1 Å². The van der Waals surface area contributed by atoms with Crippen LogP contribution in [0.25, 0.3) is 11.1 Å². The summed E-state index contributed by atoms with van der Waals surface area (Å²) < 4.78 is 97.5. The predicted octanol–water partition coefficient (Wildman–Crippen LogP) is 13.4. The number of ether oxygens (including phenoxy) is 2. The quantitative estimate of drug-likeness (QED) is 0.130. The standard InChI is InChI=1S/C47H42F6N2O2/c1-43(2,3)35-23-27(15-19-39(35)56-41-21-17-29(54)25-37(41)46(48,49)50)45(33-13-9-7-11-31(33)32-12-8-10-14-34(32)45)28-16-20-40(36(24-28)44(4,5)6)57-42-22-18-30(55)26-38(42)47(51,52)53/h7-26H,54-55H2,1-6H3. The van der Waals surface area contributed by atoms with E-state index in [0.29, 0.717) is 11.1 Å². The average molecular weight is 781 g/mol. The van der Waals surface area contributed by atoms with Crippen LogP contribution in [-0.4, -0.2) is 0 Å². The monoisotopic (exact) mass is 780 g/mol. The summed E-state index contributed by atoms with van der Waals surface area (Å²) in [5.41, 5.74) is 14.1. The van der Waals surface area contributed by atoms with Crippen LogP contribution in [0.4, 0.5) is 37.7 Å². The Labute approximate surface area is 328 Å². The molecular weight excluding hydrogens is 739 g/mol. The number of nitrogens with two attached hydrogens (primary N) is 2. The summed E-state index contributed by atoms with van der Waals surface area (Å²) >= 11 is 0. The summed E-state index contributed by atoms with van der Waals surface area (Å²) in [6.07, 6.45) is -9.42. The molecule has 0 spiro atoms. The van der Waals surface area contributed by atoms with E-state index in [4.69, 9.17) is 20.9 Å². The Morgan fingerprint density at radius 3 is 1.11 bits per heavy atom. The van der Waals surface area contributed by atoms with Gasteiger partial charge in [-0.15, -0.1) is 0 Å². The highest BCUT2D eigenvalue weighted by atomic mass is 19.4. The van der Waals surface area contributed by atoms with Crippen molar-refractivity contribution in [2.75, 3.05) is 11.5 Å². The number of hydrogen-bond donors (Lipinski definition) is 2. The van der Waals surface area contributed by atoms with Crippen LogP contribution >= 0.6 is 0 Å². The molecule has 1 aliphatic carbocycles. The van der Waals surface area contributed by atoms with Crippen molar-refractivity contribution in [3.05, 3.63) is 166 Å². The molecule has 0 aromatic heterocycles. The van der Waals surface area contributed by atoms with Gasteiger partial charge in [0.1, 0.15) is 34.1 Å². The third kappa shape index (κ3) is 7.06. The molecule has 0 bridgehead atoms. The van der Waals surface area contributed by atoms with E-state index in [-0.39, 0.29) is 34.4 Å². The van der Waals surface area contributed by atoms with Crippen LogP contribution in [0.1, 0.15) is 86.1 Å². The average Bonchev–Trinajstić information content (AvgIpc) is 3.43. The highest BCUT2D eigenvalue weighted by molar-refractivity contribution is 5.86. The van der Waals surface area contributed by atoms with Gasteiger partial charge in [-0.2, -0.15) is 26.3 Å². The van der Waals surface area contributed by atoms with E-state index in [1.165, 1.54) is 24.3 Å². The Balaban J connectivity index is 1.49. The fraction of sp³-hybridized carbons (Fsp3) is 0.234. The van der Waals surface area contributed by atoms with E-state index in [0.717, 1.165) is 45.5 Å². The number of hydrogen-bond acceptors (Lipinski definition) is 4. The van der Waals surface area contributed by atoms with Gasteiger partial charge in [-0.3, -0.25) is 0 Å². The molecule has 0 unspecified atom stereocenters. The van der Waals surface area contributed by atoms with Crippen molar-refractivity contribution in [2.24, 2.45) is 0 Å². The lowest BCUT2D eigenvalue weighted by molar-refractivity contribution is -0.139. The molecule has 57 heavy (non-hydrogen) atoms. The first-order valence-corrected chi connectivity index (χ1v) is 18.4. The van der Waals surface area contributed by atoms with Crippen molar-refractivity contribution in [1.82, 2.24) is 0 Å². The second-order valence-corrected chi connectivity index (χ2v) is 16.5. The van der Waals surface area contributed by atoms with Crippen LogP contribution in [0.3, 0.4) is 0 Å². The van der Waals surface area contributed by atoms with E-state index in [1.807, 2.05) is 90.1 Å². The van der Waals surface area contributed by atoms with Crippen LogP contribution in [0.5, 0.6) is 23.0 Å². The van der Waals surface area contributed by atoms with Crippen LogP contribution in [0.15, 0.2) is 121 Å². The van der Waals surface area contributed by atoms with Crippen LogP contribution in [-0.2, 0) is 28.6 Å². The summed E-state index contributed by atoms with van der Waals surface area (Å²) in [5, 5.41) is 0. The number of halogens is 6. The molecule has 4 N–H and O–H groups in total. The van der Waals surface area contributed by atoms with Crippen molar-refractivity contribution in [3.63, 3.8) is 0 Å². The number of alkyl halides is 6. The van der Waals surface area contributed by atoms with Gasteiger partial charge in [-0.1, -0.05) is 102 Å². The number of anilines is 2. The maximum atomic E-state index is 14.2. The van der Waals surface area contributed by atoms with E-state index in [2.05, 4.69) is 24.3 Å². The fourth-order valence-electron chi connectivity index (χ4n) is 7.85. The molecule has 0 heterocycles. The molecule has 294 valence electrons. The van der Waals surface area contributed by atoms with E-state index in [1.54, 1.807) is 12.1 Å². The zero-order valence-corrected chi connectivity index (χ0v) is 32.3. The van der Waals surface area contributed by atoms with Gasteiger partial charge >= 0.3 is 12.4 Å². The van der Waals surface area contributed by atoms with Gasteiger partial charge in [0.05, 0.1) is 5.41 Å². The zero-order valence-electron chi connectivity index (χ0n) is 32.3. The first kappa shape index (κ1) is 39.3. The summed E-state index contributed by atoms with van der Waals surface area (Å²) in [6, 6.07) is 34.1. The van der Waals surface area contributed by atoms with E-state index in [9.17, 15) is 26.3 Å². The highest BCUT2D eigenvalue weighted by Crippen LogP contribution is 2.58. The fourth-order valence-corrected chi connectivity index (χ4v) is 7.85. The molecule has 0 amide bonds. The molecular formula is C47H42F6N2O2. The molecule has 0 atom stereocenters. The Kier molecular flexibility index (Phi) is 9.41. The molecule has 0 saturated carbocycles. The summed E-state index contributed by atoms with van der Waals surface area (Å²) in [4.78, 5) is 0. The van der Waals surface area contributed by atoms with Gasteiger partial charge < -0.3 is 20.9 Å². The summed E-state index contributed by atoms with van der Waals surface area (Å²) in [7, 11) is 0. The molecule has 10 heteroatoms. The Hall–Kier alpha value is -5.90. The maximum Gasteiger partial charge on any atom is 0.420 e. The maximum absolute atomic E-state index is 14.2. The number of nitrogen functional groups attached to an aromatic ring is 2. The second kappa shape index (κ2) is 13.6. The molecule has 1 aliphatic rings. The third-order valence-electron chi connectivity index (χ3n) is 10.5. The summed E-state index contributed by atoms with van der Waals surface area (Å²) in [5.74, 6) is -0.249. The van der Waals surface area contributed by atoms with Gasteiger partial charge in [-0.05, 0) is 105 Å². The Morgan fingerprint density at radius 1 is 0.421 bits per heavy atom. The second-order valence-electron chi connectivity index (χ2n) is 16.5. The van der Waals surface area contributed by atoms with Gasteiger partial charge in [0.25, 0.3) is 0 Å². The molecule has 0 fully saturated rings. The minimum Gasteiger partial charge on any atom is -0.456 e. The normalized spacial score (nSPS) is 13.9. The van der Waals surface area contributed by atoms with Gasteiger partial charge in [0, 0.05) is 22.5 Å². The van der Waals surface area contributed by atoms with Crippen molar-refractivity contribution >= 4 is 11.4 Å². The third-order valence-corrected chi connectivity index (χ3v) is 10.5. The molecule has 4 nitrogen and oxygen atoms in total. The lowest BCUT2D eigenvalue weighted by Crippen LogP contribution is -2.30. The molecule has 0 aliphatic heterocycles. The number of benzene rings is 6. The van der Waals surface area contributed by atoms with Crippen LogP contribution in [0.2, 0.25) is 0 Å². The van der Waals surface area contributed by atoms with Crippen molar-refractivity contribution in [1.29, 1.82) is 0 Å². The van der Waals surface area contributed by atoms with Gasteiger partial charge in [0.15, 0.2) is 0 Å². The van der Waals surface area contributed by atoms with Crippen LogP contribution < -0.4 is 20.9 Å². The first-order chi connectivity index (χ1) is 26.6. The topological polar surface area (TPSA) is 70.5 Å². The number of rotatable bonds is 6. The molecule has 0 radical (unpaired) electrons. The zero-order chi connectivity index (χ0) is 41.3. The highest BCUT2D eigenvalue weighted by Gasteiger charge is 2.47. The lowest BCUT2D eigenvalue weighted by atomic mass is 9.66. The molecule has 6 aromatic rings. The number of fused-ring (bicyclic) bond motifs is 3.